The molecule has 24 heavy (non-hydrogen) atoms. The number of halogens is 2. The quantitative estimate of drug-likeness (QED) is 0.852. The highest BCUT2D eigenvalue weighted by atomic mass is 35.5. The lowest BCUT2D eigenvalue weighted by Crippen LogP contribution is -2.63. The Morgan fingerprint density at radius 3 is 2.79 bits per heavy atom. The molecule has 1 aliphatic carbocycles. The molecule has 4 nitrogen and oxygen atoms in total. The number of piperazine rings is 1. The van der Waals surface area contributed by atoms with Gasteiger partial charge in [0.05, 0.1) is 17.3 Å². The zero-order valence-corrected chi connectivity index (χ0v) is 15.8. The highest BCUT2D eigenvalue weighted by Gasteiger charge is 2.40. The van der Waals surface area contributed by atoms with Crippen LogP contribution < -0.4 is 10.6 Å². The van der Waals surface area contributed by atoms with Crippen LogP contribution in [0.3, 0.4) is 0 Å². The summed E-state index contributed by atoms with van der Waals surface area (Å²) in [6, 6.07) is 5.73. The van der Waals surface area contributed by atoms with Gasteiger partial charge >= 0.3 is 0 Å². The standard InChI is InChI=1S/C18H26ClN3O.ClH/c1-14-5-6-16(15(19)11-14)21-17(23)12-22-10-9-20-13-18(22)7-3-2-4-8-18;/h5-6,11,20H,2-4,7-10,12-13H2,1H3,(H,21,23);1H. The maximum absolute atomic E-state index is 12.5. The largest absolute Gasteiger partial charge is 0.324 e. The first kappa shape index (κ1) is 19.5. The summed E-state index contributed by atoms with van der Waals surface area (Å²) < 4.78 is 0. The first-order valence-electron chi connectivity index (χ1n) is 8.61. The first-order chi connectivity index (χ1) is 11.1. The molecule has 6 heteroatoms. The van der Waals surface area contributed by atoms with Crippen molar-refractivity contribution in [2.24, 2.45) is 0 Å². The molecule has 0 radical (unpaired) electrons. The van der Waals surface area contributed by atoms with Crippen molar-refractivity contribution >= 4 is 35.6 Å². The Hall–Kier alpha value is -0.810. The second kappa shape index (κ2) is 8.52. The van der Waals surface area contributed by atoms with Crippen LogP contribution in [0.4, 0.5) is 5.69 Å². The molecule has 0 atom stereocenters. The van der Waals surface area contributed by atoms with Crippen LogP contribution in [0.25, 0.3) is 0 Å². The van der Waals surface area contributed by atoms with Gasteiger partial charge in [-0.15, -0.1) is 12.4 Å². The number of rotatable bonds is 3. The number of carbonyl (C=O) groups excluding carboxylic acids is 1. The van der Waals surface area contributed by atoms with Crippen molar-refractivity contribution in [3.05, 3.63) is 28.8 Å². The SMILES string of the molecule is Cc1ccc(NC(=O)CN2CCNCC23CCCCC3)c(Cl)c1.Cl. The number of anilines is 1. The van der Waals surface area contributed by atoms with Gasteiger partial charge in [0.15, 0.2) is 0 Å². The molecular weight excluding hydrogens is 345 g/mol. The summed E-state index contributed by atoms with van der Waals surface area (Å²) >= 11 is 6.22. The molecule has 1 heterocycles. The number of hydrogen-bond acceptors (Lipinski definition) is 3. The maximum atomic E-state index is 12.5. The van der Waals surface area contributed by atoms with Crippen molar-refractivity contribution in [1.29, 1.82) is 0 Å². The number of benzene rings is 1. The summed E-state index contributed by atoms with van der Waals surface area (Å²) in [4.78, 5) is 14.9. The van der Waals surface area contributed by atoms with E-state index in [1.165, 1.54) is 32.1 Å². The topological polar surface area (TPSA) is 44.4 Å². The minimum Gasteiger partial charge on any atom is -0.324 e. The summed E-state index contributed by atoms with van der Waals surface area (Å²) in [5.41, 5.74) is 1.97. The fourth-order valence-electron chi connectivity index (χ4n) is 3.92. The number of carbonyl (C=O) groups is 1. The molecule has 1 aromatic carbocycles. The third-order valence-corrected chi connectivity index (χ3v) is 5.51. The molecule has 0 aromatic heterocycles. The highest BCUT2D eigenvalue weighted by Crippen LogP contribution is 2.34. The van der Waals surface area contributed by atoms with Crippen LogP contribution in [0.1, 0.15) is 37.7 Å². The van der Waals surface area contributed by atoms with Gasteiger partial charge in [0.1, 0.15) is 0 Å². The van der Waals surface area contributed by atoms with E-state index in [1.807, 2.05) is 25.1 Å². The molecule has 1 aromatic rings. The van der Waals surface area contributed by atoms with Crippen LogP contribution in [0.2, 0.25) is 5.02 Å². The average Bonchev–Trinajstić information content (AvgIpc) is 2.53. The van der Waals surface area contributed by atoms with E-state index in [4.69, 9.17) is 11.6 Å². The first-order valence-corrected chi connectivity index (χ1v) is 8.99. The zero-order valence-electron chi connectivity index (χ0n) is 14.2. The molecular formula is C18H27Cl2N3O. The van der Waals surface area contributed by atoms with E-state index in [2.05, 4.69) is 15.5 Å². The second-order valence-corrected chi connectivity index (χ2v) is 7.32. The molecule has 2 N–H and O–H groups in total. The number of nitrogens with one attached hydrogen (secondary N) is 2. The minimum atomic E-state index is 0. The van der Waals surface area contributed by atoms with E-state index in [9.17, 15) is 4.79 Å². The summed E-state index contributed by atoms with van der Waals surface area (Å²) in [7, 11) is 0. The Morgan fingerprint density at radius 2 is 2.08 bits per heavy atom. The summed E-state index contributed by atoms with van der Waals surface area (Å²) in [6.45, 7) is 5.35. The van der Waals surface area contributed by atoms with Gasteiger partial charge in [-0.1, -0.05) is 36.9 Å². The second-order valence-electron chi connectivity index (χ2n) is 6.91. The monoisotopic (exact) mass is 371 g/mol. The fourth-order valence-corrected chi connectivity index (χ4v) is 4.20. The van der Waals surface area contributed by atoms with Crippen molar-refractivity contribution in [1.82, 2.24) is 10.2 Å². The third-order valence-electron chi connectivity index (χ3n) is 5.20. The van der Waals surface area contributed by atoms with Crippen molar-refractivity contribution in [3.8, 4) is 0 Å². The molecule has 2 aliphatic rings. The van der Waals surface area contributed by atoms with Gasteiger partial charge in [0.2, 0.25) is 5.91 Å². The Balaban J connectivity index is 0.00000208. The zero-order chi connectivity index (χ0) is 16.3. The minimum absolute atomic E-state index is 0. The van der Waals surface area contributed by atoms with E-state index in [1.54, 1.807) is 0 Å². The predicted molar refractivity (Wildman–Crippen MR) is 102 cm³/mol. The Bertz CT molecular complexity index is 565. The van der Waals surface area contributed by atoms with Gasteiger partial charge < -0.3 is 10.6 Å². The Labute approximate surface area is 155 Å². The van der Waals surface area contributed by atoms with Gasteiger partial charge in [-0.05, 0) is 37.5 Å². The van der Waals surface area contributed by atoms with Crippen LogP contribution in [0.5, 0.6) is 0 Å². The normalized spacial score (nSPS) is 20.4. The van der Waals surface area contributed by atoms with Crippen molar-refractivity contribution in [2.75, 3.05) is 31.5 Å². The Morgan fingerprint density at radius 1 is 1.33 bits per heavy atom. The van der Waals surface area contributed by atoms with Crippen molar-refractivity contribution in [3.63, 3.8) is 0 Å². The highest BCUT2D eigenvalue weighted by molar-refractivity contribution is 6.33. The van der Waals surface area contributed by atoms with Crippen LogP contribution >= 0.6 is 24.0 Å². The smallest absolute Gasteiger partial charge is 0.238 e. The molecule has 2 fully saturated rings. The lowest BCUT2D eigenvalue weighted by Gasteiger charge is -2.49. The van der Waals surface area contributed by atoms with Gasteiger partial charge in [-0.3, -0.25) is 9.69 Å². The average molecular weight is 372 g/mol. The lowest BCUT2D eigenvalue weighted by molar-refractivity contribution is -0.120. The maximum Gasteiger partial charge on any atom is 0.238 e. The number of hydrogen-bond donors (Lipinski definition) is 2. The molecule has 3 rings (SSSR count). The molecule has 1 saturated carbocycles. The predicted octanol–water partition coefficient (Wildman–Crippen LogP) is 3.62. The Kier molecular flexibility index (Phi) is 6.93. The third kappa shape index (κ3) is 4.42. The van der Waals surface area contributed by atoms with Gasteiger partial charge in [0.25, 0.3) is 0 Å². The molecule has 0 unspecified atom stereocenters. The van der Waals surface area contributed by atoms with E-state index in [0.29, 0.717) is 17.3 Å². The summed E-state index contributed by atoms with van der Waals surface area (Å²) in [5, 5.41) is 7.10. The van der Waals surface area contributed by atoms with Gasteiger partial charge in [0, 0.05) is 25.2 Å². The molecule has 134 valence electrons. The lowest BCUT2D eigenvalue weighted by atomic mass is 9.79. The van der Waals surface area contributed by atoms with Crippen molar-refractivity contribution < 1.29 is 4.79 Å². The molecule has 1 aliphatic heterocycles. The van der Waals surface area contributed by atoms with E-state index < -0.39 is 0 Å². The molecule has 1 spiro atoms. The van der Waals surface area contributed by atoms with Crippen LogP contribution in [-0.4, -0.2) is 42.5 Å². The summed E-state index contributed by atoms with van der Waals surface area (Å²) in [5.74, 6) is 0.0302. The van der Waals surface area contributed by atoms with Crippen molar-refractivity contribution in [2.45, 2.75) is 44.6 Å². The van der Waals surface area contributed by atoms with Crippen LogP contribution in [0.15, 0.2) is 18.2 Å². The fraction of sp³-hybridized carbons (Fsp3) is 0.611. The number of amides is 1. The van der Waals surface area contributed by atoms with E-state index in [-0.39, 0.29) is 23.9 Å². The number of aryl methyl sites for hydroxylation is 1. The van der Waals surface area contributed by atoms with E-state index >= 15 is 0 Å². The van der Waals surface area contributed by atoms with Crippen LogP contribution in [0, 0.1) is 6.92 Å². The summed E-state index contributed by atoms with van der Waals surface area (Å²) in [6.07, 6.45) is 6.24. The van der Waals surface area contributed by atoms with Gasteiger partial charge in [-0.2, -0.15) is 0 Å². The van der Waals surface area contributed by atoms with E-state index in [0.717, 1.165) is 25.2 Å². The van der Waals surface area contributed by atoms with Gasteiger partial charge in [-0.25, -0.2) is 0 Å². The van der Waals surface area contributed by atoms with Crippen LogP contribution in [-0.2, 0) is 4.79 Å². The molecule has 1 saturated heterocycles. The molecule has 0 bridgehead atoms. The molecule has 1 amide bonds. The number of nitrogens with zero attached hydrogens (tertiary/aromatic N) is 1.